The number of likely N-dealkylation sites (N-methyl/N-ethyl adjacent to an activating group) is 1. The minimum atomic E-state index is -3.34. The van der Waals surface area contributed by atoms with Gasteiger partial charge in [0.1, 0.15) is 5.75 Å². The Morgan fingerprint density at radius 1 is 1.25 bits per heavy atom. The third-order valence-electron chi connectivity index (χ3n) is 5.31. The van der Waals surface area contributed by atoms with Gasteiger partial charge in [-0.1, -0.05) is 17.7 Å². The fourth-order valence-corrected chi connectivity index (χ4v) is 4.66. The Balaban J connectivity index is 1.82. The Hall–Kier alpha value is -1.35. The van der Waals surface area contributed by atoms with E-state index in [-0.39, 0.29) is 37.6 Å². The van der Waals surface area contributed by atoms with Crippen molar-refractivity contribution in [3.8, 4) is 5.75 Å². The Bertz CT molecular complexity index is 809. The van der Waals surface area contributed by atoms with Gasteiger partial charge in [-0.15, -0.1) is 0 Å². The van der Waals surface area contributed by atoms with E-state index >= 15 is 0 Å². The van der Waals surface area contributed by atoms with Gasteiger partial charge in [0.25, 0.3) is 5.91 Å². The van der Waals surface area contributed by atoms with Gasteiger partial charge in [0.2, 0.25) is 10.0 Å². The monoisotopic (exact) mass is 430 g/mol. The van der Waals surface area contributed by atoms with Gasteiger partial charge >= 0.3 is 0 Å². The van der Waals surface area contributed by atoms with E-state index in [9.17, 15) is 13.2 Å². The lowest BCUT2D eigenvalue weighted by Crippen LogP contribution is -2.45. The highest BCUT2D eigenvalue weighted by Gasteiger charge is 2.30. The molecule has 1 fully saturated rings. The van der Waals surface area contributed by atoms with E-state index in [2.05, 4.69) is 4.72 Å². The van der Waals surface area contributed by atoms with Crippen molar-refractivity contribution in [3.63, 3.8) is 0 Å². The summed E-state index contributed by atoms with van der Waals surface area (Å²) in [6, 6.07) is 5.54. The zero-order valence-corrected chi connectivity index (χ0v) is 17.8. The molecule has 1 saturated carbocycles. The molecule has 9 heteroatoms. The maximum atomic E-state index is 12.5. The van der Waals surface area contributed by atoms with Crippen molar-refractivity contribution in [2.24, 2.45) is 0 Å². The number of carbonyl (C=O) groups excluding carboxylic acids is 1. The number of halogens is 1. The number of sulfonamides is 1. The number of carbonyl (C=O) groups is 1. The Labute approximate surface area is 171 Å². The smallest absolute Gasteiger partial charge is 0.260 e. The van der Waals surface area contributed by atoms with E-state index in [0.717, 1.165) is 37.5 Å². The second-order valence-corrected chi connectivity index (χ2v) is 9.81. The van der Waals surface area contributed by atoms with Crippen LogP contribution in [0.15, 0.2) is 18.2 Å². The molecule has 0 spiro atoms. The number of benzene rings is 1. The molecule has 2 aliphatic heterocycles. The second-order valence-electron chi connectivity index (χ2n) is 7.57. The Kier molecular flexibility index (Phi) is 6.85. The van der Waals surface area contributed by atoms with Gasteiger partial charge in [0, 0.05) is 30.7 Å². The fourth-order valence-electron chi connectivity index (χ4n) is 3.86. The molecule has 1 atom stereocenters. The number of nitrogens with one attached hydrogen (secondary N) is 1. The quantitative estimate of drug-likeness (QED) is 0.742. The third-order valence-corrected chi connectivity index (χ3v) is 6.33. The molecular weight excluding hydrogens is 404 g/mol. The van der Waals surface area contributed by atoms with Crippen LogP contribution >= 0.6 is 11.6 Å². The summed E-state index contributed by atoms with van der Waals surface area (Å²) in [5, 5.41) is 0.660. The van der Waals surface area contributed by atoms with Gasteiger partial charge in [-0.05, 0) is 43.7 Å². The lowest BCUT2D eigenvalue weighted by Gasteiger charge is -2.33. The zero-order chi connectivity index (χ0) is 20.3. The maximum absolute atomic E-state index is 12.5. The zero-order valence-electron chi connectivity index (χ0n) is 16.2. The summed E-state index contributed by atoms with van der Waals surface area (Å²) in [7, 11) is -1.67. The van der Waals surface area contributed by atoms with Crippen molar-refractivity contribution in [1.82, 2.24) is 9.62 Å². The number of ether oxygens (including phenoxy) is 2. The summed E-state index contributed by atoms with van der Waals surface area (Å²) < 4.78 is 37.5. The Morgan fingerprint density at radius 2 is 1.96 bits per heavy atom. The topological polar surface area (TPSA) is 84.9 Å². The van der Waals surface area contributed by atoms with Crippen LogP contribution in [-0.2, 0) is 19.6 Å². The molecule has 1 N–H and O–H groups in total. The van der Waals surface area contributed by atoms with Gasteiger partial charge in [0.05, 0.1) is 18.5 Å². The number of nitrogens with zero attached hydrogens (tertiary/aromatic N) is 1. The second kappa shape index (κ2) is 8.98. The fraction of sp³-hybridized carbons (Fsp3) is 0.632. The third kappa shape index (κ3) is 5.59. The number of rotatable bonds is 3. The van der Waals surface area contributed by atoms with Crippen LogP contribution in [0.25, 0.3) is 0 Å². The standard InChI is InChI=1S/C19H27ClN2O5S/c1-22-11-15(10-21-28(2,24)25)27-14-8-6-13(7-9-14)19-16(20)4-3-5-17(19)26-12-18(22)23/h3-5,13-15,21H,6-12H2,1-2H3. The molecule has 0 aromatic heterocycles. The van der Waals surface area contributed by atoms with Crippen LogP contribution in [0.1, 0.15) is 37.2 Å². The van der Waals surface area contributed by atoms with E-state index < -0.39 is 16.1 Å². The number of amides is 1. The molecule has 3 aliphatic rings. The van der Waals surface area contributed by atoms with Crippen molar-refractivity contribution >= 4 is 27.5 Å². The highest BCUT2D eigenvalue weighted by atomic mass is 35.5. The molecule has 4 rings (SSSR count). The van der Waals surface area contributed by atoms with Crippen LogP contribution in [0, 0.1) is 0 Å². The molecule has 156 valence electrons. The van der Waals surface area contributed by atoms with Crippen molar-refractivity contribution in [3.05, 3.63) is 28.8 Å². The number of hydrogen-bond acceptors (Lipinski definition) is 5. The van der Waals surface area contributed by atoms with Crippen LogP contribution in [0.4, 0.5) is 0 Å². The molecule has 1 aromatic carbocycles. The first-order chi connectivity index (χ1) is 13.2. The molecule has 7 nitrogen and oxygen atoms in total. The van der Waals surface area contributed by atoms with Crippen LogP contribution in [0.3, 0.4) is 0 Å². The van der Waals surface area contributed by atoms with Crippen LogP contribution in [-0.4, -0.2) is 64.4 Å². The molecule has 0 saturated heterocycles. The highest BCUT2D eigenvalue weighted by Crippen LogP contribution is 2.42. The van der Waals surface area contributed by atoms with E-state index in [1.54, 1.807) is 7.05 Å². The molecule has 2 bridgehead atoms. The molecule has 1 aliphatic carbocycles. The molecule has 2 heterocycles. The predicted octanol–water partition coefficient (Wildman–Crippen LogP) is 2.15. The van der Waals surface area contributed by atoms with Crippen molar-refractivity contribution in [2.45, 2.75) is 43.8 Å². The van der Waals surface area contributed by atoms with Gasteiger partial charge in [-0.2, -0.15) is 0 Å². The van der Waals surface area contributed by atoms with E-state index in [0.29, 0.717) is 10.8 Å². The van der Waals surface area contributed by atoms with Crippen LogP contribution in [0.2, 0.25) is 5.02 Å². The van der Waals surface area contributed by atoms with Crippen LogP contribution in [0.5, 0.6) is 5.75 Å². The average Bonchev–Trinajstić information content (AvgIpc) is 2.65. The summed E-state index contributed by atoms with van der Waals surface area (Å²) in [6.07, 6.45) is 4.23. The van der Waals surface area contributed by atoms with Gasteiger partial charge in [-0.25, -0.2) is 13.1 Å². The summed E-state index contributed by atoms with van der Waals surface area (Å²) in [5.74, 6) is 0.711. The van der Waals surface area contributed by atoms with Gasteiger partial charge in [-0.3, -0.25) is 4.79 Å². The summed E-state index contributed by atoms with van der Waals surface area (Å²) in [6.45, 7) is 0.308. The lowest BCUT2D eigenvalue weighted by molar-refractivity contribution is -0.134. The molecular formula is C19H27ClN2O5S. The lowest BCUT2D eigenvalue weighted by atomic mass is 9.82. The number of hydrogen-bond donors (Lipinski definition) is 1. The summed E-state index contributed by atoms with van der Waals surface area (Å²) >= 11 is 6.46. The Morgan fingerprint density at radius 3 is 2.64 bits per heavy atom. The highest BCUT2D eigenvalue weighted by molar-refractivity contribution is 7.88. The largest absolute Gasteiger partial charge is 0.483 e. The maximum Gasteiger partial charge on any atom is 0.260 e. The van der Waals surface area contributed by atoms with Gasteiger partial charge < -0.3 is 14.4 Å². The van der Waals surface area contributed by atoms with E-state index in [4.69, 9.17) is 21.1 Å². The van der Waals surface area contributed by atoms with Crippen molar-refractivity contribution < 1.29 is 22.7 Å². The minimum Gasteiger partial charge on any atom is -0.483 e. The first-order valence-corrected chi connectivity index (χ1v) is 11.7. The summed E-state index contributed by atoms with van der Waals surface area (Å²) in [5.41, 5.74) is 0.965. The SMILES string of the molecule is CN1CC(CNS(C)(=O)=O)OC2CCC(CC2)c2c(Cl)cccc2OCC1=O. The summed E-state index contributed by atoms with van der Waals surface area (Å²) in [4.78, 5) is 14.0. The molecule has 1 aromatic rings. The molecule has 28 heavy (non-hydrogen) atoms. The van der Waals surface area contributed by atoms with Gasteiger partial charge in [0.15, 0.2) is 6.61 Å². The first-order valence-electron chi connectivity index (χ1n) is 9.48. The predicted molar refractivity (Wildman–Crippen MR) is 107 cm³/mol. The van der Waals surface area contributed by atoms with Crippen molar-refractivity contribution in [2.75, 3.05) is 33.0 Å². The van der Waals surface area contributed by atoms with Crippen molar-refractivity contribution in [1.29, 1.82) is 0 Å². The average molecular weight is 431 g/mol. The minimum absolute atomic E-state index is 0.0266. The van der Waals surface area contributed by atoms with E-state index in [1.807, 2.05) is 18.2 Å². The molecule has 1 amide bonds. The molecule has 0 radical (unpaired) electrons. The van der Waals surface area contributed by atoms with Crippen LogP contribution < -0.4 is 9.46 Å². The van der Waals surface area contributed by atoms with E-state index in [1.165, 1.54) is 4.90 Å². The first kappa shape index (κ1) is 21.4. The normalized spacial score (nSPS) is 26.6. The molecule has 1 unspecified atom stereocenters. The number of fused-ring (bicyclic) bond motifs is 8.